The Bertz CT molecular complexity index is 531. The van der Waals surface area contributed by atoms with E-state index >= 15 is 0 Å². The van der Waals surface area contributed by atoms with Crippen LogP contribution < -0.4 is 10.6 Å². The topological polar surface area (TPSA) is 61.4 Å². The third kappa shape index (κ3) is 3.97. The summed E-state index contributed by atoms with van der Waals surface area (Å²) in [6.07, 6.45) is 0.360. The van der Waals surface area contributed by atoms with Crippen molar-refractivity contribution in [2.24, 2.45) is 0 Å². The molecule has 2 rings (SSSR count). The predicted molar refractivity (Wildman–Crippen MR) is 83.2 cm³/mol. The van der Waals surface area contributed by atoms with E-state index in [1.807, 2.05) is 56.9 Å². The monoisotopic (exact) mass is 289 g/mol. The lowest BCUT2D eigenvalue weighted by Gasteiger charge is -2.32. The molecule has 0 aliphatic carbocycles. The quantitative estimate of drug-likeness (QED) is 0.879. The van der Waals surface area contributed by atoms with Gasteiger partial charge in [0.25, 0.3) is 0 Å². The van der Waals surface area contributed by atoms with E-state index in [-0.39, 0.29) is 23.5 Å². The molecular formula is C16H23N3O2. The fraction of sp³-hybridized carbons (Fsp3) is 0.500. The van der Waals surface area contributed by atoms with E-state index in [9.17, 15) is 9.59 Å². The molecule has 1 aromatic rings. The number of benzene rings is 1. The molecule has 1 heterocycles. The van der Waals surface area contributed by atoms with E-state index in [0.29, 0.717) is 13.0 Å². The first-order valence-electron chi connectivity index (χ1n) is 7.20. The molecule has 0 saturated carbocycles. The van der Waals surface area contributed by atoms with Gasteiger partial charge in [-0.3, -0.25) is 4.79 Å². The van der Waals surface area contributed by atoms with Crippen LogP contribution >= 0.6 is 0 Å². The van der Waals surface area contributed by atoms with Gasteiger partial charge in [-0.1, -0.05) is 17.7 Å². The van der Waals surface area contributed by atoms with Crippen molar-refractivity contribution in [1.82, 2.24) is 10.2 Å². The normalized spacial score (nSPS) is 18.8. The summed E-state index contributed by atoms with van der Waals surface area (Å²) in [6, 6.07) is 7.19. The summed E-state index contributed by atoms with van der Waals surface area (Å²) < 4.78 is 0. The number of nitrogens with one attached hydrogen (secondary N) is 2. The fourth-order valence-electron chi connectivity index (χ4n) is 2.44. The smallest absolute Gasteiger partial charge is 0.319 e. The van der Waals surface area contributed by atoms with Crippen LogP contribution in [0.5, 0.6) is 0 Å². The molecule has 1 aliphatic heterocycles. The van der Waals surface area contributed by atoms with Gasteiger partial charge < -0.3 is 15.5 Å². The van der Waals surface area contributed by atoms with Gasteiger partial charge in [0, 0.05) is 24.2 Å². The van der Waals surface area contributed by atoms with Crippen molar-refractivity contribution in [2.45, 2.75) is 45.7 Å². The summed E-state index contributed by atoms with van der Waals surface area (Å²) in [5.74, 6) is 0.0862. The summed E-state index contributed by atoms with van der Waals surface area (Å²) in [5, 5.41) is 5.65. The maximum absolute atomic E-state index is 12.0. The number of hydrogen-bond donors (Lipinski definition) is 2. The Morgan fingerprint density at radius 1 is 1.24 bits per heavy atom. The van der Waals surface area contributed by atoms with Crippen molar-refractivity contribution < 1.29 is 9.59 Å². The molecule has 0 aromatic heterocycles. The van der Waals surface area contributed by atoms with Gasteiger partial charge in [0.05, 0.1) is 6.04 Å². The largest absolute Gasteiger partial charge is 0.336 e. The Hall–Kier alpha value is -2.04. The molecule has 1 aromatic carbocycles. The van der Waals surface area contributed by atoms with Gasteiger partial charge in [0.2, 0.25) is 5.91 Å². The minimum absolute atomic E-state index is 0.0862. The van der Waals surface area contributed by atoms with Crippen LogP contribution in [0.2, 0.25) is 0 Å². The molecule has 0 radical (unpaired) electrons. The van der Waals surface area contributed by atoms with Crippen molar-refractivity contribution in [2.75, 3.05) is 11.9 Å². The summed E-state index contributed by atoms with van der Waals surface area (Å²) in [5.41, 5.74) is 1.68. The van der Waals surface area contributed by atoms with E-state index in [2.05, 4.69) is 10.6 Å². The highest BCUT2D eigenvalue weighted by atomic mass is 16.2. The Balaban J connectivity index is 1.89. The second-order valence-corrected chi connectivity index (χ2v) is 6.54. The van der Waals surface area contributed by atoms with Crippen molar-refractivity contribution in [3.05, 3.63) is 29.8 Å². The zero-order valence-corrected chi connectivity index (χ0v) is 13.1. The number of amides is 3. The number of rotatable bonds is 2. The molecule has 1 fully saturated rings. The molecule has 3 amide bonds. The van der Waals surface area contributed by atoms with Gasteiger partial charge in [-0.25, -0.2) is 4.79 Å². The maximum atomic E-state index is 12.0. The molecule has 1 atom stereocenters. The number of carbonyl (C=O) groups excluding carboxylic acids is 2. The highest BCUT2D eigenvalue weighted by Crippen LogP contribution is 2.21. The number of likely N-dealkylation sites (tertiary alicyclic amines) is 1. The Morgan fingerprint density at radius 3 is 2.38 bits per heavy atom. The predicted octanol–water partition coefficient (Wildman–Crippen LogP) is 2.52. The van der Waals surface area contributed by atoms with E-state index in [0.717, 1.165) is 11.3 Å². The maximum Gasteiger partial charge on any atom is 0.319 e. The highest BCUT2D eigenvalue weighted by molar-refractivity contribution is 5.90. The Labute approximate surface area is 125 Å². The van der Waals surface area contributed by atoms with Gasteiger partial charge >= 0.3 is 6.03 Å². The number of aryl methyl sites for hydroxylation is 1. The average molecular weight is 289 g/mol. The molecule has 5 nitrogen and oxygen atoms in total. The minimum atomic E-state index is -0.271. The van der Waals surface area contributed by atoms with Crippen LogP contribution in [0.1, 0.15) is 32.8 Å². The summed E-state index contributed by atoms with van der Waals surface area (Å²) >= 11 is 0. The first-order chi connectivity index (χ1) is 9.75. The zero-order chi connectivity index (χ0) is 15.6. The minimum Gasteiger partial charge on any atom is -0.336 e. The van der Waals surface area contributed by atoms with E-state index < -0.39 is 0 Å². The van der Waals surface area contributed by atoms with Crippen LogP contribution in [0.4, 0.5) is 10.5 Å². The van der Waals surface area contributed by atoms with Crippen molar-refractivity contribution in [3.63, 3.8) is 0 Å². The highest BCUT2D eigenvalue weighted by Gasteiger charge is 2.36. The molecule has 2 N–H and O–H groups in total. The number of urea groups is 1. The molecule has 5 heteroatoms. The van der Waals surface area contributed by atoms with Crippen LogP contribution in [0.3, 0.4) is 0 Å². The summed E-state index contributed by atoms with van der Waals surface area (Å²) in [6.45, 7) is 8.55. The zero-order valence-electron chi connectivity index (χ0n) is 13.1. The lowest BCUT2D eigenvalue weighted by Crippen LogP contribution is -2.45. The average Bonchev–Trinajstić information content (AvgIpc) is 2.73. The van der Waals surface area contributed by atoms with Crippen molar-refractivity contribution in [1.29, 1.82) is 0 Å². The van der Waals surface area contributed by atoms with E-state index in [1.165, 1.54) is 0 Å². The van der Waals surface area contributed by atoms with Crippen LogP contribution in [0, 0.1) is 6.92 Å². The SMILES string of the molecule is Cc1ccc(NC(=O)NC2CC(=O)N(C(C)(C)C)C2)cc1. The molecule has 1 unspecified atom stereocenters. The molecule has 21 heavy (non-hydrogen) atoms. The summed E-state index contributed by atoms with van der Waals surface area (Å²) in [4.78, 5) is 25.7. The number of hydrogen-bond acceptors (Lipinski definition) is 2. The fourth-order valence-corrected chi connectivity index (χ4v) is 2.44. The standard InChI is InChI=1S/C16H23N3O2/c1-11-5-7-12(8-6-11)17-15(21)18-13-9-14(20)19(10-13)16(2,3)4/h5-8,13H,9-10H2,1-4H3,(H2,17,18,21). The second kappa shape index (κ2) is 5.76. The lowest BCUT2D eigenvalue weighted by molar-refractivity contribution is -0.131. The van der Waals surface area contributed by atoms with Crippen LogP contribution in [-0.2, 0) is 4.79 Å². The van der Waals surface area contributed by atoms with Crippen LogP contribution in [0.25, 0.3) is 0 Å². The molecule has 0 bridgehead atoms. The molecule has 114 valence electrons. The number of nitrogens with zero attached hydrogens (tertiary/aromatic N) is 1. The van der Waals surface area contributed by atoms with Gasteiger partial charge in [-0.15, -0.1) is 0 Å². The van der Waals surface area contributed by atoms with Crippen LogP contribution in [-0.4, -0.2) is 35.0 Å². The van der Waals surface area contributed by atoms with Crippen LogP contribution in [0.15, 0.2) is 24.3 Å². The number of carbonyl (C=O) groups is 2. The van der Waals surface area contributed by atoms with E-state index in [1.54, 1.807) is 0 Å². The lowest BCUT2D eigenvalue weighted by atomic mass is 10.1. The first kappa shape index (κ1) is 15.4. The summed E-state index contributed by atoms with van der Waals surface area (Å²) in [7, 11) is 0. The molecule has 1 saturated heterocycles. The third-order valence-electron chi connectivity index (χ3n) is 3.58. The number of anilines is 1. The second-order valence-electron chi connectivity index (χ2n) is 6.54. The van der Waals surface area contributed by atoms with Gasteiger partial charge in [-0.05, 0) is 39.8 Å². The van der Waals surface area contributed by atoms with Crippen molar-refractivity contribution >= 4 is 17.6 Å². The Kier molecular flexibility index (Phi) is 4.21. The molecule has 0 spiro atoms. The molecular weight excluding hydrogens is 266 g/mol. The van der Waals surface area contributed by atoms with Crippen molar-refractivity contribution in [3.8, 4) is 0 Å². The third-order valence-corrected chi connectivity index (χ3v) is 3.58. The van der Waals surface area contributed by atoms with Gasteiger partial charge in [-0.2, -0.15) is 0 Å². The molecule has 1 aliphatic rings. The van der Waals surface area contributed by atoms with E-state index in [4.69, 9.17) is 0 Å². The first-order valence-corrected chi connectivity index (χ1v) is 7.20. The van der Waals surface area contributed by atoms with Gasteiger partial charge in [0.1, 0.15) is 0 Å². The Morgan fingerprint density at radius 2 is 1.86 bits per heavy atom. The van der Waals surface area contributed by atoms with Gasteiger partial charge in [0.15, 0.2) is 0 Å².